The van der Waals surface area contributed by atoms with E-state index in [1.807, 2.05) is 54.3 Å². The quantitative estimate of drug-likeness (QED) is 0.493. The van der Waals surface area contributed by atoms with Gasteiger partial charge in [-0.2, -0.15) is 0 Å². The molecular weight excluding hydrogens is 454 g/mol. The predicted octanol–water partition coefficient (Wildman–Crippen LogP) is 4.89. The van der Waals surface area contributed by atoms with Gasteiger partial charge in [0.05, 0.1) is 24.8 Å². The highest BCUT2D eigenvalue weighted by molar-refractivity contribution is 8.13. The topological polar surface area (TPSA) is 74.3 Å². The Bertz CT molecular complexity index is 985. The summed E-state index contributed by atoms with van der Waals surface area (Å²) in [5.74, 6) is -0.121. The van der Waals surface area contributed by atoms with Crippen LogP contribution >= 0.6 is 11.8 Å². The van der Waals surface area contributed by atoms with Crippen molar-refractivity contribution in [1.29, 1.82) is 0 Å². The van der Waals surface area contributed by atoms with Crippen LogP contribution in [-0.2, 0) is 20.8 Å². The number of amides is 1. The summed E-state index contributed by atoms with van der Waals surface area (Å²) in [5, 5.41) is -0.0164. The molecule has 4 rings (SSSR count). The lowest BCUT2D eigenvalue weighted by molar-refractivity contribution is -0.303. The summed E-state index contributed by atoms with van der Waals surface area (Å²) in [6, 6.07) is 16.3. The molecule has 0 radical (unpaired) electrons. The molecule has 2 heterocycles. The van der Waals surface area contributed by atoms with Gasteiger partial charge in [0.2, 0.25) is 0 Å². The zero-order valence-corrected chi connectivity index (χ0v) is 20.6. The van der Waals surface area contributed by atoms with Gasteiger partial charge in [0.15, 0.2) is 5.79 Å². The number of esters is 1. The molecular formula is C26H31NO6S. The number of carbonyl (C=O) groups is 2. The molecule has 7 nitrogen and oxygen atoms in total. The molecule has 4 unspecified atom stereocenters. The molecule has 8 heteroatoms. The van der Waals surface area contributed by atoms with Gasteiger partial charge >= 0.3 is 5.97 Å². The highest BCUT2D eigenvalue weighted by atomic mass is 32.2. The third kappa shape index (κ3) is 5.24. The lowest BCUT2D eigenvalue weighted by Crippen LogP contribution is -2.60. The number of thioether (sulfide) groups is 1. The number of rotatable bonds is 8. The first-order chi connectivity index (χ1) is 16.5. The maximum Gasteiger partial charge on any atom is 0.338 e. The number of methoxy groups -OCH3 is 2. The molecule has 0 spiro atoms. The van der Waals surface area contributed by atoms with Crippen molar-refractivity contribution in [3.05, 3.63) is 65.7 Å². The molecule has 2 aliphatic heterocycles. The fraction of sp³-hybridized carbons (Fsp3) is 0.462. The van der Waals surface area contributed by atoms with Crippen LogP contribution in [0.15, 0.2) is 54.6 Å². The first-order valence-corrected chi connectivity index (χ1v) is 12.5. The SMILES string of the molecule is CCC1CC(OC(=O)c2ccccc2)CC(OC)(C2CSC(=O)N2Cc2ccc(OC)cc2)O1. The summed E-state index contributed by atoms with van der Waals surface area (Å²) in [7, 11) is 3.23. The number of carbonyl (C=O) groups excluding carboxylic acids is 2. The third-order valence-electron chi connectivity index (χ3n) is 6.48. The highest BCUT2D eigenvalue weighted by Crippen LogP contribution is 2.42. The lowest BCUT2D eigenvalue weighted by Gasteiger charge is -2.48. The summed E-state index contributed by atoms with van der Waals surface area (Å²) in [6.45, 7) is 2.47. The molecule has 34 heavy (non-hydrogen) atoms. The van der Waals surface area contributed by atoms with Crippen molar-refractivity contribution in [2.45, 2.75) is 56.8 Å². The van der Waals surface area contributed by atoms with E-state index in [0.717, 1.165) is 17.7 Å². The Balaban J connectivity index is 1.55. The Morgan fingerprint density at radius 1 is 1.15 bits per heavy atom. The Morgan fingerprint density at radius 2 is 1.88 bits per heavy atom. The molecule has 1 amide bonds. The second-order valence-electron chi connectivity index (χ2n) is 8.57. The molecule has 2 aromatic carbocycles. The summed E-state index contributed by atoms with van der Waals surface area (Å²) in [4.78, 5) is 27.4. The molecule has 0 N–H and O–H groups in total. The molecule has 0 aliphatic carbocycles. The molecule has 0 aromatic heterocycles. The predicted molar refractivity (Wildman–Crippen MR) is 130 cm³/mol. The van der Waals surface area contributed by atoms with E-state index in [4.69, 9.17) is 18.9 Å². The zero-order valence-electron chi connectivity index (χ0n) is 19.8. The summed E-state index contributed by atoms with van der Waals surface area (Å²) >= 11 is 1.26. The fourth-order valence-corrected chi connectivity index (χ4v) is 5.70. The average Bonchev–Trinajstić information content (AvgIpc) is 3.25. The van der Waals surface area contributed by atoms with Gasteiger partial charge in [0, 0.05) is 32.2 Å². The normalized spacial score (nSPS) is 27.0. The van der Waals surface area contributed by atoms with Gasteiger partial charge in [0.25, 0.3) is 5.24 Å². The Hall–Kier alpha value is -2.55. The van der Waals surface area contributed by atoms with Crippen LogP contribution in [0.4, 0.5) is 4.79 Å². The van der Waals surface area contributed by atoms with Crippen LogP contribution in [-0.4, -0.2) is 60.1 Å². The van der Waals surface area contributed by atoms with E-state index in [2.05, 4.69) is 0 Å². The molecule has 0 bridgehead atoms. The van der Waals surface area contributed by atoms with Crippen LogP contribution < -0.4 is 4.74 Å². The van der Waals surface area contributed by atoms with Crippen LogP contribution in [0.25, 0.3) is 0 Å². The van der Waals surface area contributed by atoms with Crippen molar-refractivity contribution in [2.24, 2.45) is 0 Å². The van der Waals surface area contributed by atoms with Crippen molar-refractivity contribution in [2.75, 3.05) is 20.0 Å². The van der Waals surface area contributed by atoms with E-state index in [9.17, 15) is 9.59 Å². The first kappa shape index (κ1) is 24.6. The number of hydrogen-bond acceptors (Lipinski definition) is 7. The minimum Gasteiger partial charge on any atom is -0.497 e. The minimum absolute atomic E-state index is 0.0164. The van der Waals surface area contributed by atoms with E-state index in [-0.39, 0.29) is 29.5 Å². The second-order valence-corrected chi connectivity index (χ2v) is 9.54. The van der Waals surface area contributed by atoms with E-state index in [1.54, 1.807) is 26.4 Å². The molecule has 4 atom stereocenters. The maximum atomic E-state index is 12.9. The second kappa shape index (κ2) is 10.8. The fourth-order valence-electron chi connectivity index (χ4n) is 4.60. The first-order valence-electron chi connectivity index (χ1n) is 11.5. The van der Waals surface area contributed by atoms with Crippen LogP contribution in [0, 0.1) is 0 Å². The molecule has 0 saturated carbocycles. The van der Waals surface area contributed by atoms with Crippen LogP contribution in [0.2, 0.25) is 0 Å². The van der Waals surface area contributed by atoms with Gasteiger partial charge in [-0.15, -0.1) is 0 Å². The van der Waals surface area contributed by atoms with E-state index < -0.39 is 5.79 Å². The van der Waals surface area contributed by atoms with Gasteiger partial charge < -0.3 is 23.8 Å². The number of benzene rings is 2. The number of ether oxygens (including phenoxy) is 4. The lowest BCUT2D eigenvalue weighted by atomic mass is 9.91. The molecule has 2 saturated heterocycles. The van der Waals surface area contributed by atoms with Gasteiger partial charge in [-0.3, -0.25) is 4.79 Å². The minimum atomic E-state index is -1.06. The maximum absolute atomic E-state index is 12.9. The smallest absolute Gasteiger partial charge is 0.338 e. The Labute approximate surface area is 204 Å². The van der Waals surface area contributed by atoms with Crippen molar-refractivity contribution >= 4 is 23.0 Å². The van der Waals surface area contributed by atoms with Gasteiger partial charge in [0.1, 0.15) is 11.9 Å². The Kier molecular flexibility index (Phi) is 7.80. The largest absolute Gasteiger partial charge is 0.497 e. The molecule has 2 aromatic rings. The zero-order chi connectivity index (χ0) is 24.1. The summed E-state index contributed by atoms with van der Waals surface area (Å²) in [6.07, 6.45) is 1.17. The average molecular weight is 486 g/mol. The van der Waals surface area contributed by atoms with Crippen LogP contribution in [0.1, 0.15) is 42.1 Å². The van der Waals surface area contributed by atoms with Gasteiger partial charge in [-0.1, -0.05) is 49.0 Å². The van der Waals surface area contributed by atoms with E-state index in [0.29, 0.717) is 30.7 Å². The van der Waals surface area contributed by atoms with Crippen molar-refractivity contribution in [3.8, 4) is 5.75 Å². The molecule has 2 aliphatic rings. The van der Waals surface area contributed by atoms with Gasteiger partial charge in [-0.25, -0.2) is 4.79 Å². The van der Waals surface area contributed by atoms with Crippen LogP contribution in [0.5, 0.6) is 5.75 Å². The monoisotopic (exact) mass is 485 g/mol. The van der Waals surface area contributed by atoms with Crippen molar-refractivity contribution in [3.63, 3.8) is 0 Å². The summed E-state index contributed by atoms with van der Waals surface area (Å²) < 4.78 is 23.7. The number of nitrogens with zero attached hydrogens (tertiary/aromatic N) is 1. The highest BCUT2D eigenvalue weighted by Gasteiger charge is 2.54. The third-order valence-corrected chi connectivity index (χ3v) is 7.45. The van der Waals surface area contributed by atoms with Crippen LogP contribution in [0.3, 0.4) is 0 Å². The van der Waals surface area contributed by atoms with Crippen molar-refractivity contribution < 1.29 is 28.5 Å². The van der Waals surface area contributed by atoms with E-state index in [1.165, 1.54) is 11.8 Å². The van der Waals surface area contributed by atoms with E-state index >= 15 is 0 Å². The van der Waals surface area contributed by atoms with Gasteiger partial charge in [-0.05, 0) is 36.2 Å². The van der Waals surface area contributed by atoms with Crippen molar-refractivity contribution in [1.82, 2.24) is 4.90 Å². The number of hydrogen-bond donors (Lipinski definition) is 0. The molecule has 2 fully saturated rings. The Morgan fingerprint density at radius 3 is 2.53 bits per heavy atom. The standard InChI is InChI=1S/C26H31NO6S/c1-4-20-14-22(32-24(28)19-8-6-5-7-9-19)15-26(31-3,33-20)23-17-34-25(29)27(23)16-18-10-12-21(30-2)13-11-18/h5-13,20,22-23H,4,14-17H2,1-3H3. The summed E-state index contributed by atoms with van der Waals surface area (Å²) in [5.41, 5.74) is 1.50. The molecule has 182 valence electrons.